The van der Waals surface area contributed by atoms with Crippen molar-refractivity contribution >= 4 is 45.1 Å². The fourth-order valence-corrected chi connectivity index (χ4v) is 5.72. The van der Waals surface area contributed by atoms with Crippen LogP contribution in [0.1, 0.15) is 0 Å². The molecule has 1 aliphatic heterocycles. The Kier molecular flexibility index (Phi) is 4.87. The van der Waals surface area contributed by atoms with Gasteiger partial charge in [0.15, 0.2) is 0 Å². The molecule has 1 fully saturated rings. The Labute approximate surface area is 120 Å². The lowest BCUT2D eigenvalue weighted by molar-refractivity contribution is 0.578. The van der Waals surface area contributed by atoms with Crippen LogP contribution in [0.4, 0.5) is 0 Å². The SMILES string of the molecule is Cn1cnc(S(=O)(=O)NCC2CSCCS2)c1Cl. The van der Waals surface area contributed by atoms with Gasteiger partial charge in [0.1, 0.15) is 5.15 Å². The average Bonchev–Trinajstić information content (AvgIpc) is 2.70. The van der Waals surface area contributed by atoms with Gasteiger partial charge in [-0.2, -0.15) is 23.5 Å². The maximum atomic E-state index is 12.0. The number of aromatic nitrogens is 2. The van der Waals surface area contributed by atoms with Crippen molar-refractivity contribution in [2.75, 3.05) is 23.8 Å². The Morgan fingerprint density at radius 3 is 2.94 bits per heavy atom. The van der Waals surface area contributed by atoms with Gasteiger partial charge in [0.05, 0.1) is 6.33 Å². The van der Waals surface area contributed by atoms with E-state index in [1.807, 2.05) is 11.8 Å². The first kappa shape index (κ1) is 14.5. The molecule has 0 aromatic carbocycles. The summed E-state index contributed by atoms with van der Waals surface area (Å²) in [5.41, 5.74) is 0. The van der Waals surface area contributed by atoms with Crippen molar-refractivity contribution in [2.24, 2.45) is 7.05 Å². The molecular formula is C9H14ClN3O2S3. The van der Waals surface area contributed by atoms with Crippen molar-refractivity contribution in [3.63, 3.8) is 0 Å². The number of sulfonamides is 1. The molecule has 1 aromatic rings. The Balaban J connectivity index is 2.01. The van der Waals surface area contributed by atoms with E-state index in [4.69, 9.17) is 11.6 Å². The maximum absolute atomic E-state index is 12.0. The molecule has 0 radical (unpaired) electrons. The van der Waals surface area contributed by atoms with Crippen LogP contribution in [-0.4, -0.2) is 47.0 Å². The fraction of sp³-hybridized carbons (Fsp3) is 0.667. The number of rotatable bonds is 4. The molecule has 1 saturated heterocycles. The van der Waals surface area contributed by atoms with Gasteiger partial charge in [-0.3, -0.25) is 0 Å². The predicted molar refractivity (Wildman–Crippen MR) is 77.0 cm³/mol. The molecule has 0 spiro atoms. The zero-order chi connectivity index (χ0) is 13.2. The molecule has 0 amide bonds. The molecule has 18 heavy (non-hydrogen) atoms. The predicted octanol–water partition coefficient (Wildman–Crippen LogP) is 1.20. The minimum Gasteiger partial charge on any atom is -0.324 e. The summed E-state index contributed by atoms with van der Waals surface area (Å²) >= 11 is 9.54. The van der Waals surface area contributed by atoms with Crippen LogP contribution < -0.4 is 4.72 Å². The lowest BCUT2D eigenvalue weighted by Gasteiger charge is -2.20. The number of nitrogens with one attached hydrogen (secondary N) is 1. The van der Waals surface area contributed by atoms with Crippen LogP contribution in [0.5, 0.6) is 0 Å². The highest BCUT2D eigenvalue weighted by Crippen LogP contribution is 2.24. The number of imidazole rings is 1. The van der Waals surface area contributed by atoms with Crippen molar-refractivity contribution in [2.45, 2.75) is 10.3 Å². The minimum atomic E-state index is -3.61. The van der Waals surface area contributed by atoms with Crippen LogP contribution in [0.2, 0.25) is 5.15 Å². The zero-order valence-corrected chi connectivity index (χ0v) is 13.0. The van der Waals surface area contributed by atoms with Gasteiger partial charge in [-0.05, 0) is 0 Å². The van der Waals surface area contributed by atoms with Crippen LogP contribution in [0, 0.1) is 0 Å². The van der Waals surface area contributed by atoms with Crippen molar-refractivity contribution in [3.8, 4) is 0 Å². The van der Waals surface area contributed by atoms with E-state index < -0.39 is 10.0 Å². The van der Waals surface area contributed by atoms with E-state index in [9.17, 15) is 8.42 Å². The number of nitrogens with zero attached hydrogens (tertiary/aromatic N) is 2. The Morgan fingerprint density at radius 2 is 2.39 bits per heavy atom. The summed E-state index contributed by atoms with van der Waals surface area (Å²) in [6.07, 6.45) is 1.39. The number of hydrogen-bond acceptors (Lipinski definition) is 5. The largest absolute Gasteiger partial charge is 0.324 e. The van der Waals surface area contributed by atoms with Crippen molar-refractivity contribution in [3.05, 3.63) is 11.5 Å². The molecule has 1 N–H and O–H groups in total. The third kappa shape index (κ3) is 3.36. The van der Waals surface area contributed by atoms with E-state index in [1.54, 1.807) is 18.8 Å². The number of thioether (sulfide) groups is 2. The molecule has 0 aliphatic carbocycles. The molecule has 1 aliphatic rings. The standard InChI is InChI=1S/C9H14ClN3O2S3/c1-13-6-11-9(8(13)10)18(14,15)12-4-7-5-16-2-3-17-7/h6-7,12H,2-5H2,1H3. The van der Waals surface area contributed by atoms with Gasteiger partial charge in [0.25, 0.3) is 10.0 Å². The molecule has 2 rings (SSSR count). The zero-order valence-electron chi connectivity index (χ0n) is 9.80. The first-order chi connectivity index (χ1) is 8.50. The van der Waals surface area contributed by atoms with E-state index in [1.165, 1.54) is 10.9 Å². The average molecular weight is 328 g/mol. The van der Waals surface area contributed by atoms with Crippen molar-refractivity contribution < 1.29 is 8.42 Å². The van der Waals surface area contributed by atoms with E-state index in [0.29, 0.717) is 11.8 Å². The summed E-state index contributed by atoms with van der Waals surface area (Å²) in [4.78, 5) is 3.82. The molecule has 9 heteroatoms. The van der Waals surface area contributed by atoms with Crippen LogP contribution in [0.25, 0.3) is 0 Å². The first-order valence-corrected chi connectivity index (χ1v) is 9.43. The van der Waals surface area contributed by atoms with Gasteiger partial charge in [-0.1, -0.05) is 11.6 Å². The lowest BCUT2D eigenvalue weighted by Crippen LogP contribution is -2.33. The monoisotopic (exact) mass is 327 g/mol. The molecule has 0 bridgehead atoms. The second-order valence-electron chi connectivity index (χ2n) is 3.87. The number of halogens is 1. The third-order valence-corrected chi connectivity index (χ3v) is 7.23. The summed E-state index contributed by atoms with van der Waals surface area (Å²) in [6, 6.07) is 0. The lowest BCUT2D eigenvalue weighted by atomic mass is 10.5. The molecule has 1 atom stereocenters. The summed E-state index contributed by atoms with van der Waals surface area (Å²) in [5, 5.41) is 0.356. The molecule has 5 nitrogen and oxygen atoms in total. The number of aryl methyl sites for hydroxylation is 1. The van der Waals surface area contributed by atoms with Gasteiger partial charge in [-0.15, -0.1) is 0 Å². The summed E-state index contributed by atoms with van der Waals surface area (Å²) in [7, 11) is -1.95. The van der Waals surface area contributed by atoms with E-state index in [0.717, 1.165) is 17.3 Å². The van der Waals surface area contributed by atoms with Gasteiger partial charge in [-0.25, -0.2) is 18.1 Å². The Bertz CT molecular complexity index is 511. The summed E-state index contributed by atoms with van der Waals surface area (Å²) in [6.45, 7) is 0.424. The maximum Gasteiger partial charge on any atom is 0.261 e. The fourth-order valence-electron chi connectivity index (χ4n) is 1.50. The molecule has 2 heterocycles. The highest BCUT2D eigenvalue weighted by atomic mass is 35.5. The highest BCUT2D eigenvalue weighted by Gasteiger charge is 2.24. The summed E-state index contributed by atoms with van der Waals surface area (Å²) < 4.78 is 28.1. The Hall–Kier alpha value is 0.110. The molecule has 102 valence electrons. The van der Waals surface area contributed by atoms with Crippen molar-refractivity contribution in [1.29, 1.82) is 0 Å². The molecule has 0 saturated carbocycles. The second-order valence-corrected chi connectivity index (χ2v) is 8.47. The third-order valence-electron chi connectivity index (χ3n) is 2.47. The number of hydrogen-bond donors (Lipinski definition) is 1. The second kappa shape index (κ2) is 6.04. The highest BCUT2D eigenvalue weighted by molar-refractivity contribution is 8.06. The smallest absolute Gasteiger partial charge is 0.261 e. The Morgan fingerprint density at radius 1 is 1.61 bits per heavy atom. The van der Waals surface area contributed by atoms with Gasteiger partial charge >= 0.3 is 0 Å². The van der Waals surface area contributed by atoms with Gasteiger partial charge in [0, 0.05) is 36.1 Å². The van der Waals surface area contributed by atoms with Crippen molar-refractivity contribution in [1.82, 2.24) is 14.3 Å². The van der Waals surface area contributed by atoms with Crippen LogP contribution in [0.15, 0.2) is 11.4 Å². The topological polar surface area (TPSA) is 64.0 Å². The quantitative estimate of drug-likeness (QED) is 0.900. The summed E-state index contributed by atoms with van der Waals surface area (Å²) in [5.74, 6) is 3.19. The molecule has 1 unspecified atom stereocenters. The molecular weight excluding hydrogens is 314 g/mol. The van der Waals surface area contributed by atoms with E-state index >= 15 is 0 Å². The molecule has 1 aromatic heterocycles. The van der Waals surface area contributed by atoms with E-state index in [2.05, 4.69) is 9.71 Å². The first-order valence-electron chi connectivity index (χ1n) is 5.36. The normalized spacial score (nSPS) is 21.1. The van der Waals surface area contributed by atoms with Crippen LogP contribution in [0.3, 0.4) is 0 Å². The van der Waals surface area contributed by atoms with E-state index in [-0.39, 0.29) is 10.2 Å². The van der Waals surface area contributed by atoms with Gasteiger partial charge < -0.3 is 4.57 Å². The van der Waals surface area contributed by atoms with Crippen LogP contribution in [-0.2, 0) is 17.1 Å². The minimum absolute atomic E-state index is 0.0971. The van der Waals surface area contributed by atoms with Crippen LogP contribution >= 0.6 is 35.1 Å². The van der Waals surface area contributed by atoms with Gasteiger partial charge in [0.2, 0.25) is 5.03 Å².